The maximum atomic E-state index is 10.7. The Labute approximate surface area is 103 Å². The quantitative estimate of drug-likeness (QED) is 0.873. The van der Waals surface area contributed by atoms with E-state index in [1.165, 1.54) is 11.3 Å². The Balaban J connectivity index is 2.02. The fraction of sp³-hybridized carbons (Fsp3) is 0.273. The lowest BCUT2D eigenvalue weighted by atomic mass is 10.3. The number of nitrogens with one attached hydrogen (secondary N) is 1. The molecule has 0 aliphatic heterocycles. The fourth-order valence-corrected chi connectivity index (χ4v) is 2.33. The second-order valence-corrected chi connectivity index (χ2v) is 4.89. The Morgan fingerprint density at radius 2 is 2.35 bits per heavy atom. The first-order chi connectivity index (χ1) is 8.06. The molecule has 0 atom stereocenters. The van der Waals surface area contributed by atoms with Gasteiger partial charge in [-0.05, 0) is 19.1 Å². The van der Waals surface area contributed by atoms with Crippen molar-refractivity contribution in [1.82, 2.24) is 9.78 Å². The largest absolute Gasteiger partial charge is 0.477 e. The standard InChI is InChI=1S/C11H13N3O2S/c1-7-9(6-14(2)13-7)12-5-8-3-4-10(17-8)11(15)16/h3-4,6,12H,5H2,1-2H3,(H,15,16). The monoisotopic (exact) mass is 251 g/mol. The van der Waals surface area contributed by atoms with Crippen LogP contribution in [0.4, 0.5) is 5.69 Å². The molecule has 5 nitrogen and oxygen atoms in total. The zero-order valence-corrected chi connectivity index (χ0v) is 10.4. The smallest absolute Gasteiger partial charge is 0.345 e. The summed E-state index contributed by atoms with van der Waals surface area (Å²) in [7, 11) is 1.87. The van der Waals surface area contributed by atoms with Gasteiger partial charge in [-0.3, -0.25) is 4.68 Å². The number of aromatic nitrogens is 2. The molecule has 0 aliphatic rings. The van der Waals surface area contributed by atoms with Gasteiger partial charge >= 0.3 is 5.97 Å². The van der Waals surface area contributed by atoms with Crippen LogP contribution < -0.4 is 5.32 Å². The Morgan fingerprint density at radius 3 is 2.88 bits per heavy atom. The van der Waals surface area contributed by atoms with Crippen molar-refractivity contribution in [1.29, 1.82) is 0 Å². The molecule has 17 heavy (non-hydrogen) atoms. The Bertz CT molecular complexity index is 545. The molecule has 2 rings (SSSR count). The summed E-state index contributed by atoms with van der Waals surface area (Å²) in [6, 6.07) is 3.45. The lowest BCUT2D eigenvalue weighted by Crippen LogP contribution is -1.97. The van der Waals surface area contributed by atoms with Crippen molar-refractivity contribution in [3.8, 4) is 0 Å². The van der Waals surface area contributed by atoms with Gasteiger partial charge in [0.05, 0.1) is 11.4 Å². The molecule has 0 unspecified atom stereocenters. The first kappa shape index (κ1) is 11.7. The molecule has 2 N–H and O–H groups in total. The molecular weight excluding hydrogens is 238 g/mol. The predicted octanol–water partition coefficient (Wildman–Crippen LogP) is 2.10. The molecule has 0 saturated heterocycles. The van der Waals surface area contributed by atoms with Crippen LogP contribution in [-0.2, 0) is 13.6 Å². The number of aromatic carboxylic acids is 1. The third kappa shape index (κ3) is 2.65. The van der Waals surface area contributed by atoms with Crippen LogP contribution in [0.25, 0.3) is 0 Å². The number of hydrogen-bond acceptors (Lipinski definition) is 4. The van der Waals surface area contributed by atoms with Crippen LogP contribution in [0.3, 0.4) is 0 Å². The van der Waals surface area contributed by atoms with Gasteiger partial charge < -0.3 is 10.4 Å². The van der Waals surface area contributed by atoms with Crippen molar-refractivity contribution in [3.63, 3.8) is 0 Å². The summed E-state index contributed by atoms with van der Waals surface area (Å²) >= 11 is 1.28. The highest BCUT2D eigenvalue weighted by molar-refractivity contribution is 7.13. The molecule has 0 saturated carbocycles. The van der Waals surface area contributed by atoms with Gasteiger partial charge in [-0.25, -0.2) is 4.79 Å². The minimum absolute atomic E-state index is 0.365. The van der Waals surface area contributed by atoms with E-state index in [1.54, 1.807) is 10.7 Å². The molecule has 0 fully saturated rings. The third-order valence-electron chi connectivity index (χ3n) is 2.34. The second-order valence-electron chi connectivity index (χ2n) is 3.73. The first-order valence-electron chi connectivity index (χ1n) is 5.12. The summed E-state index contributed by atoms with van der Waals surface area (Å²) in [5.74, 6) is -0.876. The lowest BCUT2D eigenvalue weighted by molar-refractivity contribution is 0.0702. The number of carboxylic acid groups (broad SMARTS) is 1. The Morgan fingerprint density at radius 1 is 1.59 bits per heavy atom. The average Bonchev–Trinajstić information content (AvgIpc) is 2.82. The van der Waals surface area contributed by atoms with Gasteiger partial charge in [-0.15, -0.1) is 11.3 Å². The van der Waals surface area contributed by atoms with E-state index in [4.69, 9.17) is 5.11 Å². The summed E-state index contributed by atoms with van der Waals surface area (Å²) < 4.78 is 1.74. The summed E-state index contributed by atoms with van der Waals surface area (Å²) in [6.45, 7) is 2.55. The number of carboxylic acids is 1. The highest BCUT2D eigenvalue weighted by Crippen LogP contribution is 2.19. The number of anilines is 1. The van der Waals surface area contributed by atoms with Gasteiger partial charge in [-0.1, -0.05) is 0 Å². The van der Waals surface area contributed by atoms with E-state index in [0.717, 1.165) is 16.3 Å². The molecule has 0 aliphatic carbocycles. The summed E-state index contributed by atoms with van der Waals surface area (Å²) in [5, 5.41) is 16.3. The number of nitrogens with zero attached hydrogens (tertiary/aromatic N) is 2. The number of thiophene rings is 1. The lowest BCUT2D eigenvalue weighted by Gasteiger charge is -2.01. The molecule has 0 spiro atoms. The van der Waals surface area contributed by atoms with Gasteiger partial charge in [0.25, 0.3) is 0 Å². The maximum Gasteiger partial charge on any atom is 0.345 e. The minimum atomic E-state index is -0.876. The van der Waals surface area contributed by atoms with E-state index in [1.807, 2.05) is 26.2 Å². The molecule has 2 aromatic heterocycles. The van der Waals surface area contributed by atoms with E-state index in [-0.39, 0.29) is 0 Å². The maximum absolute atomic E-state index is 10.7. The van der Waals surface area contributed by atoms with E-state index >= 15 is 0 Å². The van der Waals surface area contributed by atoms with Crippen molar-refractivity contribution in [2.75, 3.05) is 5.32 Å². The summed E-state index contributed by atoms with van der Waals surface area (Å²) in [6.07, 6.45) is 1.90. The number of aryl methyl sites for hydroxylation is 2. The summed E-state index contributed by atoms with van der Waals surface area (Å²) in [5.41, 5.74) is 1.90. The van der Waals surface area contributed by atoms with Crippen LogP contribution >= 0.6 is 11.3 Å². The van der Waals surface area contributed by atoms with Crippen molar-refractivity contribution in [2.24, 2.45) is 7.05 Å². The minimum Gasteiger partial charge on any atom is -0.477 e. The average molecular weight is 251 g/mol. The molecule has 90 valence electrons. The fourth-order valence-electron chi connectivity index (χ4n) is 1.54. The van der Waals surface area contributed by atoms with Gasteiger partial charge in [0.2, 0.25) is 0 Å². The van der Waals surface area contributed by atoms with Gasteiger partial charge in [0.15, 0.2) is 0 Å². The van der Waals surface area contributed by atoms with Crippen LogP contribution in [0.1, 0.15) is 20.2 Å². The topological polar surface area (TPSA) is 67.2 Å². The van der Waals surface area contributed by atoms with Crippen molar-refractivity contribution >= 4 is 23.0 Å². The van der Waals surface area contributed by atoms with Crippen molar-refractivity contribution in [3.05, 3.63) is 33.8 Å². The second kappa shape index (κ2) is 4.58. The number of rotatable bonds is 4. The summed E-state index contributed by atoms with van der Waals surface area (Å²) in [4.78, 5) is 12.1. The Kier molecular flexibility index (Phi) is 3.14. The van der Waals surface area contributed by atoms with Gasteiger partial charge in [-0.2, -0.15) is 5.10 Å². The Hall–Kier alpha value is -1.82. The molecule has 0 aromatic carbocycles. The molecule has 0 bridgehead atoms. The van der Waals surface area contributed by atoms with E-state index in [9.17, 15) is 4.79 Å². The van der Waals surface area contributed by atoms with Crippen LogP contribution in [-0.4, -0.2) is 20.9 Å². The number of hydrogen-bond donors (Lipinski definition) is 2. The predicted molar refractivity (Wildman–Crippen MR) is 66.6 cm³/mol. The van der Waals surface area contributed by atoms with E-state index in [2.05, 4.69) is 10.4 Å². The van der Waals surface area contributed by atoms with Crippen LogP contribution in [0, 0.1) is 6.92 Å². The number of carbonyl (C=O) groups is 1. The highest BCUT2D eigenvalue weighted by atomic mass is 32.1. The third-order valence-corrected chi connectivity index (χ3v) is 3.41. The van der Waals surface area contributed by atoms with Crippen LogP contribution in [0.2, 0.25) is 0 Å². The molecule has 0 amide bonds. The van der Waals surface area contributed by atoms with Crippen LogP contribution in [0.5, 0.6) is 0 Å². The highest BCUT2D eigenvalue weighted by Gasteiger charge is 2.07. The first-order valence-corrected chi connectivity index (χ1v) is 5.94. The van der Waals surface area contributed by atoms with Gasteiger partial charge in [0, 0.05) is 24.7 Å². The SMILES string of the molecule is Cc1nn(C)cc1NCc1ccc(C(=O)O)s1. The normalized spacial score (nSPS) is 10.5. The van der Waals surface area contributed by atoms with Crippen LogP contribution in [0.15, 0.2) is 18.3 Å². The molecular formula is C11H13N3O2S. The van der Waals surface area contributed by atoms with E-state index in [0.29, 0.717) is 11.4 Å². The zero-order chi connectivity index (χ0) is 12.4. The van der Waals surface area contributed by atoms with E-state index < -0.39 is 5.97 Å². The van der Waals surface area contributed by atoms with Gasteiger partial charge in [0.1, 0.15) is 4.88 Å². The molecule has 2 aromatic rings. The van der Waals surface area contributed by atoms with Crippen molar-refractivity contribution < 1.29 is 9.90 Å². The molecule has 6 heteroatoms. The molecule has 0 radical (unpaired) electrons. The zero-order valence-electron chi connectivity index (χ0n) is 9.60. The van der Waals surface area contributed by atoms with Crippen molar-refractivity contribution in [2.45, 2.75) is 13.5 Å². The molecule has 2 heterocycles.